The summed E-state index contributed by atoms with van der Waals surface area (Å²) in [6.45, 7) is 3.63. The fourth-order valence-electron chi connectivity index (χ4n) is 3.96. The molecule has 0 radical (unpaired) electrons. The molecule has 1 atom stereocenters. The molecule has 1 amide bonds. The number of anilines is 1. The molecule has 1 aliphatic heterocycles. The van der Waals surface area contributed by atoms with E-state index in [-0.39, 0.29) is 17.4 Å². The van der Waals surface area contributed by atoms with E-state index in [1.165, 1.54) is 0 Å². The lowest BCUT2D eigenvalue weighted by Crippen LogP contribution is -2.43. The molecule has 0 saturated carbocycles. The number of carboxylic acid groups (broad SMARTS) is 1. The molecule has 32 heavy (non-hydrogen) atoms. The van der Waals surface area contributed by atoms with Gasteiger partial charge >= 0.3 is 5.97 Å². The molecular weight excluding hydrogens is 446 g/mol. The Balaban J connectivity index is 1.40. The van der Waals surface area contributed by atoms with Gasteiger partial charge in [-0.2, -0.15) is 0 Å². The molecule has 0 spiro atoms. The monoisotopic (exact) mass is 469 g/mol. The van der Waals surface area contributed by atoms with Crippen LogP contribution >= 0.6 is 22.9 Å². The second kappa shape index (κ2) is 9.71. The third-order valence-corrected chi connectivity index (χ3v) is 7.13. The summed E-state index contributed by atoms with van der Waals surface area (Å²) in [7, 11) is 0. The van der Waals surface area contributed by atoms with E-state index in [1.54, 1.807) is 23.5 Å². The van der Waals surface area contributed by atoms with Crippen LogP contribution in [0.1, 0.15) is 33.8 Å². The summed E-state index contributed by atoms with van der Waals surface area (Å²) in [5.41, 5.74) is 2.84. The second-order valence-electron chi connectivity index (χ2n) is 7.86. The number of hydrogen-bond donors (Lipinski definition) is 2. The first-order valence-corrected chi connectivity index (χ1v) is 11.7. The minimum Gasteiger partial charge on any atom is -0.478 e. The lowest BCUT2D eigenvalue weighted by Gasteiger charge is -2.34. The highest BCUT2D eigenvalue weighted by Crippen LogP contribution is 2.30. The minimum absolute atomic E-state index is 0.0108. The Morgan fingerprint density at radius 1 is 1.22 bits per heavy atom. The first kappa shape index (κ1) is 22.3. The van der Waals surface area contributed by atoms with Gasteiger partial charge in [-0.1, -0.05) is 35.9 Å². The summed E-state index contributed by atoms with van der Waals surface area (Å²) in [5, 5.41) is 14.1. The molecule has 0 bridgehead atoms. The van der Waals surface area contributed by atoms with Gasteiger partial charge in [0.25, 0.3) is 0 Å². The van der Waals surface area contributed by atoms with Gasteiger partial charge in [-0.3, -0.25) is 4.79 Å². The molecule has 2 N–H and O–H groups in total. The molecule has 8 heteroatoms. The number of aromatic nitrogens is 1. The first-order valence-electron chi connectivity index (χ1n) is 10.5. The predicted molar refractivity (Wildman–Crippen MR) is 127 cm³/mol. The number of para-hydroxylation sites is 1. The van der Waals surface area contributed by atoms with Crippen molar-refractivity contribution in [3.63, 3.8) is 0 Å². The van der Waals surface area contributed by atoms with Crippen molar-refractivity contribution < 1.29 is 14.7 Å². The zero-order valence-electron chi connectivity index (χ0n) is 17.7. The van der Waals surface area contributed by atoms with Crippen LogP contribution in [0.2, 0.25) is 5.02 Å². The topological polar surface area (TPSA) is 82.5 Å². The Kier molecular flexibility index (Phi) is 6.77. The Labute approximate surface area is 195 Å². The van der Waals surface area contributed by atoms with Crippen molar-refractivity contribution in [1.82, 2.24) is 10.3 Å². The zero-order valence-corrected chi connectivity index (χ0v) is 19.2. The number of thiazole rings is 1. The van der Waals surface area contributed by atoms with Gasteiger partial charge in [-0.15, -0.1) is 11.3 Å². The number of aromatic carboxylic acids is 1. The molecule has 6 nitrogen and oxygen atoms in total. The lowest BCUT2D eigenvalue weighted by molar-refractivity contribution is -0.125. The number of amides is 1. The van der Waals surface area contributed by atoms with Crippen LogP contribution in [-0.2, 0) is 11.3 Å². The Morgan fingerprint density at radius 2 is 1.97 bits per heavy atom. The van der Waals surface area contributed by atoms with Crippen LogP contribution in [0.3, 0.4) is 0 Å². The van der Waals surface area contributed by atoms with Crippen molar-refractivity contribution in [2.45, 2.75) is 26.3 Å². The minimum atomic E-state index is -0.954. The lowest BCUT2D eigenvalue weighted by atomic mass is 9.96. The van der Waals surface area contributed by atoms with Gasteiger partial charge in [0.05, 0.1) is 29.4 Å². The number of rotatable bonds is 6. The van der Waals surface area contributed by atoms with E-state index in [1.807, 2.05) is 48.2 Å². The Bertz CT molecular complexity index is 1130. The Hall–Kier alpha value is -2.90. The van der Waals surface area contributed by atoms with Gasteiger partial charge in [-0.25, -0.2) is 9.78 Å². The fraction of sp³-hybridized carbons (Fsp3) is 0.292. The predicted octanol–water partition coefficient (Wildman–Crippen LogP) is 5.00. The Morgan fingerprint density at radius 3 is 2.72 bits per heavy atom. The molecule has 3 aromatic rings. The van der Waals surface area contributed by atoms with Crippen molar-refractivity contribution in [2.24, 2.45) is 5.92 Å². The zero-order chi connectivity index (χ0) is 22.7. The molecule has 1 aromatic heterocycles. The average Bonchev–Trinajstić information content (AvgIpc) is 3.18. The quantitative estimate of drug-likeness (QED) is 0.530. The summed E-state index contributed by atoms with van der Waals surface area (Å²) in [4.78, 5) is 32.2. The molecule has 2 aromatic carbocycles. The smallest absolute Gasteiger partial charge is 0.337 e. The van der Waals surface area contributed by atoms with Crippen LogP contribution < -0.4 is 10.2 Å². The molecule has 1 fully saturated rings. The maximum atomic E-state index is 12.9. The number of halogens is 1. The highest BCUT2D eigenvalue weighted by atomic mass is 35.5. The number of aryl methyl sites for hydroxylation is 1. The molecule has 4 rings (SSSR count). The van der Waals surface area contributed by atoms with Gasteiger partial charge in [0.15, 0.2) is 0 Å². The standard InChI is InChI=1S/C24H24ClN3O3S/c1-15-21(32-23(27-15)16-8-10-18(25)11-9-16)13-26-22(29)17-5-4-12-28(14-17)20-7-3-2-6-19(20)24(30)31/h2-3,6-11,17H,4-5,12-14H2,1H3,(H,26,29)(H,30,31). The van der Waals surface area contributed by atoms with Gasteiger partial charge in [0.2, 0.25) is 5.91 Å². The highest BCUT2D eigenvalue weighted by molar-refractivity contribution is 7.15. The van der Waals surface area contributed by atoms with Gasteiger partial charge in [-0.05, 0) is 44.0 Å². The van der Waals surface area contributed by atoms with Crippen LogP contribution in [0.4, 0.5) is 5.69 Å². The van der Waals surface area contributed by atoms with E-state index in [9.17, 15) is 14.7 Å². The molecular formula is C24H24ClN3O3S. The van der Waals surface area contributed by atoms with E-state index in [0.29, 0.717) is 23.8 Å². The van der Waals surface area contributed by atoms with Crippen molar-refractivity contribution in [3.05, 3.63) is 69.7 Å². The number of hydrogen-bond acceptors (Lipinski definition) is 5. The maximum absolute atomic E-state index is 12.9. The number of benzene rings is 2. The van der Waals surface area contributed by atoms with Crippen LogP contribution in [0, 0.1) is 12.8 Å². The highest BCUT2D eigenvalue weighted by Gasteiger charge is 2.28. The average molecular weight is 470 g/mol. The first-order chi connectivity index (χ1) is 15.4. The molecule has 1 saturated heterocycles. The number of nitrogens with zero attached hydrogens (tertiary/aromatic N) is 2. The SMILES string of the molecule is Cc1nc(-c2ccc(Cl)cc2)sc1CNC(=O)C1CCCN(c2ccccc2C(=O)O)C1. The van der Waals surface area contributed by atoms with Gasteiger partial charge < -0.3 is 15.3 Å². The third-order valence-electron chi connectivity index (χ3n) is 5.67. The van der Waals surface area contributed by atoms with E-state index in [2.05, 4.69) is 10.3 Å². The molecule has 1 unspecified atom stereocenters. The van der Waals surface area contributed by atoms with Crippen molar-refractivity contribution in [3.8, 4) is 10.6 Å². The fourth-order valence-corrected chi connectivity index (χ4v) is 5.09. The summed E-state index contributed by atoms with van der Waals surface area (Å²) >= 11 is 7.54. The van der Waals surface area contributed by atoms with Crippen LogP contribution in [0.25, 0.3) is 10.6 Å². The number of carbonyl (C=O) groups is 2. The van der Waals surface area contributed by atoms with E-state index in [0.717, 1.165) is 40.5 Å². The van der Waals surface area contributed by atoms with Gasteiger partial charge in [0.1, 0.15) is 5.01 Å². The normalized spacial score (nSPS) is 16.1. The molecule has 166 valence electrons. The van der Waals surface area contributed by atoms with Crippen molar-refractivity contribution in [2.75, 3.05) is 18.0 Å². The van der Waals surface area contributed by atoms with Crippen LogP contribution in [0.5, 0.6) is 0 Å². The van der Waals surface area contributed by atoms with E-state index >= 15 is 0 Å². The van der Waals surface area contributed by atoms with Crippen LogP contribution in [0.15, 0.2) is 48.5 Å². The largest absolute Gasteiger partial charge is 0.478 e. The third kappa shape index (κ3) is 4.95. The van der Waals surface area contributed by atoms with E-state index in [4.69, 9.17) is 11.6 Å². The maximum Gasteiger partial charge on any atom is 0.337 e. The number of nitrogens with one attached hydrogen (secondary N) is 1. The number of piperidine rings is 1. The summed E-state index contributed by atoms with van der Waals surface area (Å²) < 4.78 is 0. The molecule has 2 heterocycles. The van der Waals surface area contributed by atoms with Crippen molar-refractivity contribution in [1.29, 1.82) is 0 Å². The number of carboxylic acids is 1. The molecule has 0 aliphatic carbocycles. The van der Waals surface area contributed by atoms with Crippen molar-refractivity contribution >= 4 is 40.5 Å². The summed E-state index contributed by atoms with van der Waals surface area (Å²) in [6.07, 6.45) is 1.63. The van der Waals surface area contributed by atoms with Crippen LogP contribution in [-0.4, -0.2) is 35.1 Å². The molecule has 1 aliphatic rings. The number of carbonyl (C=O) groups excluding carboxylic acids is 1. The van der Waals surface area contributed by atoms with Gasteiger partial charge in [0, 0.05) is 28.6 Å². The van der Waals surface area contributed by atoms with E-state index < -0.39 is 5.97 Å². The second-order valence-corrected chi connectivity index (χ2v) is 9.38. The summed E-state index contributed by atoms with van der Waals surface area (Å²) in [6, 6.07) is 14.5. The summed E-state index contributed by atoms with van der Waals surface area (Å²) in [5.74, 6) is -1.15.